The summed E-state index contributed by atoms with van der Waals surface area (Å²) in [7, 11) is 4.80. The van der Waals surface area contributed by atoms with Crippen molar-refractivity contribution in [3.05, 3.63) is 59.8 Å². The third-order valence-electron chi connectivity index (χ3n) is 9.73. The van der Waals surface area contributed by atoms with Crippen molar-refractivity contribution in [1.82, 2.24) is 4.98 Å². The van der Waals surface area contributed by atoms with Crippen LogP contribution < -0.4 is 14.4 Å². The zero-order valence-electron chi connectivity index (χ0n) is 26.6. The third-order valence-corrected chi connectivity index (χ3v) is 10.7. The second kappa shape index (κ2) is 15.1. The van der Waals surface area contributed by atoms with Gasteiger partial charge < -0.3 is 19.1 Å². The van der Waals surface area contributed by atoms with Crippen LogP contribution in [-0.2, 0) is 14.3 Å². The molecule has 0 unspecified atom stereocenters. The topological polar surface area (TPSA) is 78.0 Å². The molecule has 3 aromatic rings. The number of rotatable bonds is 11. The van der Waals surface area contributed by atoms with Crippen molar-refractivity contribution in [2.24, 2.45) is 17.8 Å². The van der Waals surface area contributed by atoms with Gasteiger partial charge in [-0.15, -0.1) is 0 Å². The quantitative estimate of drug-likeness (QED) is 0.202. The van der Waals surface area contributed by atoms with Gasteiger partial charge in [-0.1, -0.05) is 35.6 Å². The zero-order chi connectivity index (χ0) is 31.1. The highest BCUT2D eigenvalue weighted by Gasteiger charge is 2.33. The van der Waals surface area contributed by atoms with E-state index in [4.69, 9.17) is 14.2 Å². The van der Waals surface area contributed by atoms with Gasteiger partial charge in [0.15, 0.2) is 0 Å². The van der Waals surface area contributed by atoms with Crippen molar-refractivity contribution in [2.45, 2.75) is 77.0 Å². The summed E-state index contributed by atoms with van der Waals surface area (Å²) in [6, 6.07) is 14.9. The van der Waals surface area contributed by atoms with Crippen LogP contribution in [0.25, 0.3) is 10.4 Å². The van der Waals surface area contributed by atoms with Gasteiger partial charge in [-0.2, -0.15) is 0 Å². The minimum absolute atomic E-state index is 0.00939. The molecule has 0 bridgehead atoms. The average molecular weight is 619 g/mol. The summed E-state index contributed by atoms with van der Waals surface area (Å²) in [5.41, 5.74) is 4.58. The van der Waals surface area contributed by atoms with E-state index >= 15 is 0 Å². The Morgan fingerprint density at radius 1 is 0.909 bits per heavy atom. The molecule has 1 amide bonds. The highest BCUT2D eigenvalue weighted by Crippen LogP contribution is 2.40. The van der Waals surface area contributed by atoms with Crippen LogP contribution in [0.3, 0.4) is 0 Å². The van der Waals surface area contributed by atoms with Crippen molar-refractivity contribution < 1.29 is 23.8 Å². The van der Waals surface area contributed by atoms with Crippen LogP contribution in [0.1, 0.15) is 81.3 Å². The maximum absolute atomic E-state index is 14.3. The van der Waals surface area contributed by atoms with Crippen LogP contribution in [0, 0.1) is 24.7 Å². The number of ether oxygens (including phenoxy) is 3. The SMILES string of the molecule is COC(=O)CCC1CCC(C(=O)N(CC2CCC(c3ccc(OC)c(C)c3)CC2)c2cccc(-c3cnc(OC)s3)c2)CC1. The van der Waals surface area contributed by atoms with Gasteiger partial charge in [0, 0.05) is 30.8 Å². The summed E-state index contributed by atoms with van der Waals surface area (Å²) in [6.45, 7) is 2.85. The molecular formula is C36H46N2O5S. The summed E-state index contributed by atoms with van der Waals surface area (Å²) in [6.07, 6.45) is 11.3. The number of nitrogens with zero attached hydrogens (tertiary/aromatic N) is 2. The number of benzene rings is 2. The maximum Gasteiger partial charge on any atom is 0.305 e. The lowest BCUT2D eigenvalue weighted by molar-refractivity contribution is -0.141. The maximum atomic E-state index is 14.3. The number of methoxy groups -OCH3 is 3. The number of hydrogen-bond donors (Lipinski definition) is 0. The highest BCUT2D eigenvalue weighted by atomic mass is 32.1. The Kier molecular flexibility index (Phi) is 11.0. The van der Waals surface area contributed by atoms with Gasteiger partial charge in [0.1, 0.15) is 5.75 Å². The van der Waals surface area contributed by atoms with Gasteiger partial charge in [-0.3, -0.25) is 9.59 Å². The van der Waals surface area contributed by atoms with Gasteiger partial charge in [-0.25, -0.2) is 4.98 Å². The molecule has 0 atom stereocenters. The third kappa shape index (κ3) is 7.81. The molecule has 0 saturated heterocycles. The second-order valence-corrected chi connectivity index (χ2v) is 13.5. The van der Waals surface area contributed by atoms with Gasteiger partial charge >= 0.3 is 5.97 Å². The summed E-state index contributed by atoms with van der Waals surface area (Å²) in [4.78, 5) is 33.4. The largest absolute Gasteiger partial charge is 0.496 e. The fourth-order valence-electron chi connectivity index (χ4n) is 7.07. The molecule has 0 aliphatic heterocycles. The van der Waals surface area contributed by atoms with Crippen molar-refractivity contribution in [3.8, 4) is 21.4 Å². The first kappa shape index (κ1) is 32.0. The molecule has 2 aliphatic rings. The van der Waals surface area contributed by atoms with Gasteiger partial charge in [0.2, 0.25) is 5.91 Å². The summed E-state index contributed by atoms with van der Waals surface area (Å²) >= 11 is 1.51. The Bertz CT molecular complexity index is 1410. The Labute approximate surface area is 265 Å². The Morgan fingerprint density at radius 2 is 1.66 bits per heavy atom. The number of hydrogen-bond acceptors (Lipinski definition) is 7. The van der Waals surface area contributed by atoms with E-state index in [-0.39, 0.29) is 17.8 Å². The molecule has 8 heteroatoms. The standard InChI is InChI=1S/C36H46N2O5S/c1-24-20-29(17-18-32(24)41-2)27-13-10-26(11-14-27)23-38(31-7-5-6-30(21-31)33-22-37-36(43-4)44-33)35(40)28-15-8-25(9-16-28)12-19-34(39)42-3/h5-7,17-18,20-22,25-28H,8-16,19,23H2,1-4H3. The van der Waals surface area contributed by atoms with E-state index in [2.05, 4.69) is 53.2 Å². The Balaban J connectivity index is 1.29. The number of esters is 1. The zero-order valence-corrected chi connectivity index (χ0v) is 27.4. The summed E-state index contributed by atoms with van der Waals surface area (Å²) in [5.74, 6) is 2.52. The van der Waals surface area contributed by atoms with Crippen LogP contribution in [-0.4, -0.2) is 44.7 Å². The molecule has 0 spiro atoms. The molecular weight excluding hydrogens is 572 g/mol. The number of anilines is 1. The molecule has 5 rings (SSSR count). The van der Waals surface area contributed by atoms with Crippen LogP contribution >= 0.6 is 11.3 Å². The molecule has 0 radical (unpaired) electrons. The Morgan fingerprint density at radius 3 is 2.32 bits per heavy atom. The van der Waals surface area contributed by atoms with Crippen molar-refractivity contribution in [3.63, 3.8) is 0 Å². The lowest BCUT2D eigenvalue weighted by Crippen LogP contribution is -2.41. The number of aryl methyl sites for hydroxylation is 1. The van der Waals surface area contributed by atoms with E-state index in [0.717, 1.165) is 86.2 Å². The Hall–Kier alpha value is -3.39. The first-order chi connectivity index (χ1) is 21.4. The first-order valence-corrected chi connectivity index (χ1v) is 16.8. The van der Waals surface area contributed by atoms with E-state index < -0.39 is 0 Å². The molecule has 1 heterocycles. The monoisotopic (exact) mass is 618 g/mol. The molecule has 2 saturated carbocycles. The van der Waals surface area contributed by atoms with Crippen LogP contribution in [0.2, 0.25) is 0 Å². The number of thiazole rings is 1. The second-order valence-electron chi connectivity index (χ2n) is 12.5. The predicted molar refractivity (Wildman–Crippen MR) is 176 cm³/mol. The van der Waals surface area contributed by atoms with E-state index in [0.29, 0.717) is 29.4 Å². The molecule has 2 aromatic carbocycles. The molecule has 7 nitrogen and oxygen atoms in total. The fraction of sp³-hybridized carbons (Fsp3) is 0.528. The van der Waals surface area contributed by atoms with Crippen LogP contribution in [0.15, 0.2) is 48.7 Å². The van der Waals surface area contributed by atoms with Crippen molar-refractivity contribution >= 4 is 28.9 Å². The highest BCUT2D eigenvalue weighted by molar-refractivity contribution is 7.16. The number of carbonyl (C=O) groups is 2. The predicted octanol–water partition coefficient (Wildman–Crippen LogP) is 8.20. The van der Waals surface area contributed by atoms with E-state index in [1.165, 1.54) is 29.6 Å². The van der Waals surface area contributed by atoms with Gasteiger partial charge in [-0.05, 0) is 117 Å². The summed E-state index contributed by atoms with van der Waals surface area (Å²) < 4.78 is 15.6. The van der Waals surface area contributed by atoms with E-state index in [1.807, 2.05) is 12.3 Å². The first-order valence-electron chi connectivity index (χ1n) is 16.0. The van der Waals surface area contributed by atoms with Gasteiger partial charge in [0.25, 0.3) is 5.19 Å². The summed E-state index contributed by atoms with van der Waals surface area (Å²) in [5, 5.41) is 0.631. The van der Waals surface area contributed by atoms with Crippen molar-refractivity contribution in [2.75, 3.05) is 32.8 Å². The minimum atomic E-state index is -0.148. The van der Waals surface area contributed by atoms with Crippen LogP contribution in [0.5, 0.6) is 10.9 Å². The lowest BCUT2D eigenvalue weighted by Gasteiger charge is -2.36. The normalized spacial score (nSPS) is 21.8. The van der Waals surface area contributed by atoms with Gasteiger partial charge in [0.05, 0.1) is 26.2 Å². The number of carbonyl (C=O) groups excluding carboxylic acids is 2. The molecule has 2 fully saturated rings. The fourth-order valence-corrected chi connectivity index (χ4v) is 7.80. The van der Waals surface area contributed by atoms with E-state index in [1.54, 1.807) is 14.2 Å². The van der Waals surface area contributed by atoms with Crippen LogP contribution in [0.4, 0.5) is 5.69 Å². The number of amides is 1. The molecule has 0 N–H and O–H groups in total. The van der Waals surface area contributed by atoms with Crippen molar-refractivity contribution in [1.29, 1.82) is 0 Å². The smallest absolute Gasteiger partial charge is 0.305 e. The molecule has 44 heavy (non-hydrogen) atoms. The van der Waals surface area contributed by atoms with E-state index in [9.17, 15) is 9.59 Å². The molecule has 2 aliphatic carbocycles. The number of aromatic nitrogens is 1. The molecule has 236 valence electrons. The average Bonchev–Trinajstić information content (AvgIpc) is 3.56. The minimum Gasteiger partial charge on any atom is -0.496 e. The molecule has 1 aromatic heterocycles. The lowest BCUT2D eigenvalue weighted by atomic mass is 9.77.